The Balaban J connectivity index is 1.88. The molecule has 0 saturated heterocycles. The van der Waals surface area contributed by atoms with Gasteiger partial charge in [-0.1, -0.05) is 18.2 Å². The van der Waals surface area contributed by atoms with Gasteiger partial charge in [0.1, 0.15) is 5.75 Å². The standard InChI is InChI=1S/C17H19N3O2/c1-12-5-3-4-6-16(12)18-11-17(22)20-19-13(2)14-7-9-15(21)10-8-14/h3-10,18,21H,11H2,1-2H3,(H,20,22)/b19-13+. The lowest BCUT2D eigenvalue weighted by atomic mass is 10.1. The molecule has 0 heterocycles. The molecule has 0 aliphatic heterocycles. The van der Waals surface area contributed by atoms with E-state index < -0.39 is 0 Å². The van der Waals surface area contributed by atoms with Crippen LogP contribution in [0.3, 0.4) is 0 Å². The van der Waals surface area contributed by atoms with E-state index >= 15 is 0 Å². The summed E-state index contributed by atoms with van der Waals surface area (Å²) in [4.78, 5) is 11.8. The fourth-order valence-electron chi connectivity index (χ4n) is 1.90. The maximum absolute atomic E-state index is 11.8. The summed E-state index contributed by atoms with van der Waals surface area (Å²) >= 11 is 0. The maximum Gasteiger partial charge on any atom is 0.259 e. The fourth-order valence-corrected chi connectivity index (χ4v) is 1.90. The van der Waals surface area contributed by atoms with Gasteiger partial charge < -0.3 is 10.4 Å². The molecule has 0 fully saturated rings. The van der Waals surface area contributed by atoms with E-state index in [1.807, 2.05) is 31.2 Å². The number of aromatic hydroxyl groups is 1. The molecule has 0 bridgehead atoms. The number of aryl methyl sites for hydroxylation is 1. The third-order valence-electron chi connectivity index (χ3n) is 3.22. The second-order valence-electron chi connectivity index (χ2n) is 4.95. The van der Waals surface area contributed by atoms with E-state index in [0.717, 1.165) is 16.8 Å². The van der Waals surface area contributed by atoms with Crippen molar-refractivity contribution in [3.05, 3.63) is 59.7 Å². The summed E-state index contributed by atoms with van der Waals surface area (Å²) in [6.45, 7) is 3.92. The first-order valence-corrected chi connectivity index (χ1v) is 6.98. The number of rotatable bonds is 5. The van der Waals surface area contributed by atoms with Crippen LogP contribution in [0.1, 0.15) is 18.1 Å². The van der Waals surface area contributed by atoms with Crippen LogP contribution in [0.25, 0.3) is 0 Å². The van der Waals surface area contributed by atoms with Crippen molar-refractivity contribution < 1.29 is 9.90 Å². The molecule has 0 atom stereocenters. The molecule has 0 radical (unpaired) electrons. The summed E-state index contributed by atoms with van der Waals surface area (Å²) in [5.74, 6) is -0.0237. The first-order valence-electron chi connectivity index (χ1n) is 6.98. The smallest absolute Gasteiger partial charge is 0.259 e. The van der Waals surface area contributed by atoms with Crippen LogP contribution in [-0.4, -0.2) is 23.3 Å². The Bertz CT molecular complexity index is 679. The molecule has 0 aliphatic carbocycles. The summed E-state index contributed by atoms with van der Waals surface area (Å²) in [5, 5.41) is 16.4. The lowest BCUT2D eigenvalue weighted by molar-refractivity contribution is -0.119. The van der Waals surface area contributed by atoms with Gasteiger partial charge in [0, 0.05) is 5.69 Å². The first kappa shape index (κ1) is 15.6. The van der Waals surface area contributed by atoms with Gasteiger partial charge in [0.2, 0.25) is 0 Å². The Morgan fingerprint density at radius 2 is 1.82 bits per heavy atom. The normalized spacial score (nSPS) is 11.1. The van der Waals surface area contributed by atoms with Gasteiger partial charge >= 0.3 is 0 Å². The van der Waals surface area contributed by atoms with Gasteiger partial charge in [-0.05, 0) is 55.3 Å². The number of phenolic OH excluding ortho intramolecular Hbond substituents is 1. The van der Waals surface area contributed by atoms with Gasteiger partial charge in [0.15, 0.2) is 0 Å². The van der Waals surface area contributed by atoms with Crippen molar-refractivity contribution in [1.29, 1.82) is 0 Å². The molecule has 2 rings (SSSR count). The molecule has 114 valence electrons. The van der Waals surface area contributed by atoms with Crippen LogP contribution in [0.2, 0.25) is 0 Å². The van der Waals surface area contributed by atoms with Gasteiger partial charge in [0.05, 0.1) is 12.3 Å². The number of anilines is 1. The van der Waals surface area contributed by atoms with Gasteiger partial charge in [-0.2, -0.15) is 5.10 Å². The topological polar surface area (TPSA) is 73.7 Å². The third kappa shape index (κ3) is 4.34. The third-order valence-corrected chi connectivity index (χ3v) is 3.22. The average molecular weight is 297 g/mol. The van der Waals surface area contributed by atoms with E-state index in [2.05, 4.69) is 15.8 Å². The van der Waals surface area contributed by atoms with Gasteiger partial charge in [-0.15, -0.1) is 0 Å². The van der Waals surface area contributed by atoms with Gasteiger partial charge in [0.25, 0.3) is 5.91 Å². The highest BCUT2D eigenvalue weighted by Gasteiger charge is 2.03. The number of amides is 1. The second kappa shape index (κ2) is 7.26. The van der Waals surface area contributed by atoms with E-state index in [1.165, 1.54) is 0 Å². The quantitative estimate of drug-likeness (QED) is 0.587. The Morgan fingerprint density at radius 3 is 2.50 bits per heavy atom. The molecule has 0 aromatic heterocycles. The number of nitrogens with zero attached hydrogens (tertiary/aromatic N) is 1. The zero-order valence-electron chi connectivity index (χ0n) is 12.6. The molecular formula is C17H19N3O2. The highest BCUT2D eigenvalue weighted by atomic mass is 16.3. The van der Waals surface area contributed by atoms with Crippen LogP contribution in [0.4, 0.5) is 5.69 Å². The van der Waals surface area contributed by atoms with Crippen molar-refractivity contribution in [2.45, 2.75) is 13.8 Å². The first-order chi connectivity index (χ1) is 10.6. The summed E-state index contributed by atoms with van der Waals surface area (Å²) in [5.41, 5.74) is 6.03. The van der Waals surface area contributed by atoms with Crippen LogP contribution < -0.4 is 10.7 Å². The van der Waals surface area contributed by atoms with E-state index in [4.69, 9.17) is 0 Å². The Morgan fingerprint density at radius 1 is 1.14 bits per heavy atom. The molecule has 0 aliphatic rings. The largest absolute Gasteiger partial charge is 0.508 e. The molecule has 0 unspecified atom stereocenters. The van der Waals surface area contributed by atoms with E-state index in [9.17, 15) is 9.90 Å². The van der Waals surface area contributed by atoms with Crippen molar-refractivity contribution in [3.8, 4) is 5.75 Å². The molecule has 0 spiro atoms. The van der Waals surface area contributed by atoms with Crippen molar-refractivity contribution in [1.82, 2.24) is 5.43 Å². The number of benzene rings is 2. The number of carbonyl (C=O) groups excluding carboxylic acids is 1. The van der Waals surface area contributed by atoms with Crippen LogP contribution in [0, 0.1) is 6.92 Å². The fraction of sp³-hybridized carbons (Fsp3) is 0.176. The van der Waals surface area contributed by atoms with E-state index in [-0.39, 0.29) is 18.2 Å². The molecular weight excluding hydrogens is 278 g/mol. The van der Waals surface area contributed by atoms with Crippen molar-refractivity contribution in [3.63, 3.8) is 0 Å². The number of hydrogen-bond donors (Lipinski definition) is 3. The monoisotopic (exact) mass is 297 g/mol. The SMILES string of the molecule is C/C(=N\NC(=O)CNc1ccccc1C)c1ccc(O)cc1. The van der Waals surface area contributed by atoms with E-state index in [1.54, 1.807) is 31.2 Å². The molecule has 1 amide bonds. The minimum Gasteiger partial charge on any atom is -0.508 e. The van der Waals surface area contributed by atoms with Gasteiger partial charge in [-0.25, -0.2) is 5.43 Å². The minimum atomic E-state index is -0.221. The van der Waals surface area contributed by atoms with Crippen molar-refractivity contribution in [2.75, 3.05) is 11.9 Å². The Labute approximate surface area is 129 Å². The predicted molar refractivity (Wildman–Crippen MR) is 88.1 cm³/mol. The van der Waals surface area contributed by atoms with E-state index in [0.29, 0.717) is 5.71 Å². The molecule has 0 saturated carbocycles. The van der Waals surface area contributed by atoms with Crippen LogP contribution in [0.15, 0.2) is 53.6 Å². The number of nitrogens with one attached hydrogen (secondary N) is 2. The van der Waals surface area contributed by atoms with Crippen molar-refractivity contribution >= 4 is 17.3 Å². The highest BCUT2D eigenvalue weighted by Crippen LogP contribution is 2.12. The summed E-state index contributed by atoms with van der Waals surface area (Å²) in [6.07, 6.45) is 0. The number of phenols is 1. The number of hydrazone groups is 1. The summed E-state index contributed by atoms with van der Waals surface area (Å²) < 4.78 is 0. The Kier molecular flexibility index (Phi) is 5.14. The van der Waals surface area contributed by atoms with Crippen LogP contribution in [-0.2, 0) is 4.79 Å². The zero-order valence-corrected chi connectivity index (χ0v) is 12.6. The molecule has 22 heavy (non-hydrogen) atoms. The molecule has 3 N–H and O–H groups in total. The van der Waals surface area contributed by atoms with Crippen molar-refractivity contribution in [2.24, 2.45) is 5.10 Å². The average Bonchev–Trinajstić information content (AvgIpc) is 2.52. The lowest BCUT2D eigenvalue weighted by Crippen LogP contribution is -2.27. The molecule has 2 aromatic rings. The van der Waals surface area contributed by atoms with Crippen LogP contribution in [0.5, 0.6) is 5.75 Å². The predicted octanol–water partition coefficient (Wildman–Crippen LogP) is 2.65. The molecule has 5 nitrogen and oxygen atoms in total. The number of para-hydroxylation sites is 1. The van der Waals surface area contributed by atoms with Crippen LogP contribution >= 0.6 is 0 Å². The number of carbonyl (C=O) groups is 1. The molecule has 2 aromatic carbocycles. The zero-order chi connectivity index (χ0) is 15.9. The second-order valence-corrected chi connectivity index (χ2v) is 4.95. The minimum absolute atomic E-state index is 0.150. The Hall–Kier alpha value is -2.82. The summed E-state index contributed by atoms with van der Waals surface area (Å²) in [7, 11) is 0. The van der Waals surface area contributed by atoms with Gasteiger partial charge in [-0.3, -0.25) is 4.79 Å². The molecule has 5 heteroatoms. The summed E-state index contributed by atoms with van der Waals surface area (Å²) in [6, 6.07) is 14.4. The highest BCUT2D eigenvalue weighted by molar-refractivity contribution is 5.99. The lowest BCUT2D eigenvalue weighted by Gasteiger charge is -2.08. The number of hydrogen-bond acceptors (Lipinski definition) is 4. The maximum atomic E-state index is 11.8.